The van der Waals surface area contributed by atoms with Gasteiger partial charge < -0.3 is 20.0 Å². The molecule has 8 nitrogen and oxygen atoms in total. The minimum absolute atomic E-state index is 0. The lowest BCUT2D eigenvalue weighted by atomic mass is 10.1. The van der Waals surface area contributed by atoms with E-state index < -0.39 is 0 Å². The molecule has 2 bridgehead atoms. The number of halogens is 1. The van der Waals surface area contributed by atoms with Gasteiger partial charge in [0, 0.05) is 48.4 Å². The smallest absolute Gasteiger partial charge is 0.273 e. The van der Waals surface area contributed by atoms with E-state index in [0.717, 1.165) is 42.6 Å². The zero-order valence-corrected chi connectivity index (χ0v) is 17.6. The van der Waals surface area contributed by atoms with E-state index in [-0.39, 0.29) is 18.3 Å². The van der Waals surface area contributed by atoms with E-state index in [1.54, 1.807) is 6.26 Å². The van der Waals surface area contributed by atoms with Gasteiger partial charge in [-0.3, -0.25) is 9.89 Å². The Morgan fingerprint density at radius 2 is 2.00 bits per heavy atom. The molecule has 2 atom stereocenters. The van der Waals surface area contributed by atoms with E-state index in [1.165, 1.54) is 12.8 Å². The zero-order valence-electron chi connectivity index (χ0n) is 16.8. The molecule has 1 aliphatic carbocycles. The number of likely N-dealkylation sites (tertiary alicyclic amines) is 1. The van der Waals surface area contributed by atoms with Gasteiger partial charge >= 0.3 is 0 Å². The van der Waals surface area contributed by atoms with Gasteiger partial charge in [-0.2, -0.15) is 5.10 Å². The van der Waals surface area contributed by atoms with E-state index in [0.29, 0.717) is 40.9 Å². The van der Waals surface area contributed by atoms with Crippen molar-refractivity contribution in [3.63, 3.8) is 0 Å². The van der Waals surface area contributed by atoms with E-state index in [1.807, 2.05) is 24.0 Å². The Morgan fingerprint density at radius 1 is 1.23 bits per heavy atom. The molecule has 6 rings (SSSR count). The number of anilines is 2. The maximum atomic E-state index is 13.4. The van der Waals surface area contributed by atoms with Crippen LogP contribution < -0.4 is 10.6 Å². The molecule has 30 heavy (non-hydrogen) atoms. The fourth-order valence-electron chi connectivity index (χ4n) is 4.69. The Bertz CT molecular complexity index is 1090. The van der Waals surface area contributed by atoms with Gasteiger partial charge in [-0.05, 0) is 38.7 Å². The molecular weight excluding hydrogens is 404 g/mol. The molecule has 3 aliphatic rings. The third kappa shape index (κ3) is 3.24. The predicted molar refractivity (Wildman–Crippen MR) is 116 cm³/mol. The summed E-state index contributed by atoms with van der Waals surface area (Å²) >= 11 is 0. The first-order chi connectivity index (χ1) is 14.2. The summed E-state index contributed by atoms with van der Waals surface area (Å²) in [5, 5.41) is 15.2. The van der Waals surface area contributed by atoms with Crippen LogP contribution in [-0.2, 0) is 0 Å². The maximum absolute atomic E-state index is 13.4. The summed E-state index contributed by atoms with van der Waals surface area (Å²) in [5.41, 5.74) is 3.08. The van der Waals surface area contributed by atoms with Crippen molar-refractivity contribution in [1.82, 2.24) is 25.4 Å². The SMILES string of the molecule is Cc1c(C(=O)N2CC3CCC(C2)N3)nc(Nc2cc(C3CC3)[nH]n2)c2ccoc12.Cl. The molecule has 3 aromatic rings. The number of aromatic amines is 1. The topological polar surface area (TPSA) is 99.1 Å². The first kappa shape index (κ1) is 19.4. The average molecular weight is 429 g/mol. The minimum Gasteiger partial charge on any atom is -0.464 e. The van der Waals surface area contributed by atoms with Gasteiger partial charge in [0.1, 0.15) is 17.1 Å². The molecule has 3 fully saturated rings. The number of aryl methyl sites for hydroxylation is 1. The van der Waals surface area contributed by atoms with E-state index in [2.05, 4.69) is 20.8 Å². The van der Waals surface area contributed by atoms with Crippen molar-refractivity contribution in [2.24, 2.45) is 0 Å². The van der Waals surface area contributed by atoms with Crippen LogP contribution in [0, 0.1) is 6.92 Å². The standard InChI is InChI=1S/C21H24N6O2.ClH/c1-11-18(21(28)27-9-13-4-5-14(10-27)22-13)24-20(15-6-7-29-19(11)15)23-17-8-16(25-26-17)12-2-3-12;/h6-8,12-14,22H,2-5,9-10H2,1H3,(H2,23,24,25,26);1H. The molecule has 0 radical (unpaired) electrons. The molecule has 1 saturated carbocycles. The van der Waals surface area contributed by atoms with Crippen LogP contribution in [-0.4, -0.2) is 51.2 Å². The van der Waals surface area contributed by atoms with Crippen LogP contribution in [0.15, 0.2) is 22.8 Å². The van der Waals surface area contributed by atoms with Gasteiger partial charge in [0.05, 0.1) is 11.6 Å². The quantitative estimate of drug-likeness (QED) is 0.588. The number of furan rings is 1. The summed E-state index contributed by atoms with van der Waals surface area (Å²) in [7, 11) is 0. The molecule has 0 spiro atoms. The molecule has 158 valence electrons. The molecule has 2 unspecified atom stereocenters. The lowest BCUT2D eigenvalue weighted by Crippen LogP contribution is -2.53. The van der Waals surface area contributed by atoms with Crippen LogP contribution in [0.2, 0.25) is 0 Å². The molecule has 2 saturated heterocycles. The summed E-state index contributed by atoms with van der Waals surface area (Å²) in [5.74, 6) is 1.89. The highest BCUT2D eigenvalue weighted by Crippen LogP contribution is 2.40. The zero-order chi connectivity index (χ0) is 19.5. The van der Waals surface area contributed by atoms with Gasteiger partial charge in [0.15, 0.2) is 5.82 Å². The Balaban J connectivity index is 0.00000193. The molecule has 3 aromatic heterocycles. The molecule has 5 heterocycles. The van der Waals surface area contributed by atoms with Gasteiger partial charge in [-0.25, -0.2) is 4.98 Å². The number of piperazine rings is 1. The second kappa shape index (κ2) is 7.28. The summed E-state index contributed by atoms with van der Waals surface area (Å²) in [6.45, 7) is 3.38. The highest BCUT2D eigenvalue weighted by molar-refractivity contribution is 6.01. The number of amides is 1. The summed E-state index contributed by atoms with van der Waals surface area (Å²) < 4.78 is 5.72. The van der Waals surface area contributed by atoms with Crippen molar-refractivity contribution < 1.29 is 9.21 Å². The van der Waals surface area contributed by atoms with Crippen LogP contribution in [0.25, 0.3) is 11.0 Å². The minimum atomic E-state index is -0.0250. The van der Waals surface area contributed by atoms with Gasteiger partial charge in [0.25, 0.3) is 5.91 Å². The van der Waals surface area contributed by atoms with Crippen molar-refractivity contribution in [3.05, 3.63) is 35.3 Å². The normalized spacial score (nSPS) is 22.9. The number of hydrogen-bond donors (Lipinski definition) is 3. The predicted octanol–water partition coefficient (Wildman–Crippen LogP) is 3.48. The maximum Gasteiger partial charge on any atom is 0.273 e. The highest BCUT2D eigenvalue weighted by Gasteiger charge is 2.36. The van der Waals surface area contributed by atoms with Crippen LogP contribution in [0.3, 0.4) is 0 Å². The molecule has 1 amide bonds. The Labute approximate surface area is 180 Å². The Kier molecular flexibility index (Phi) is 4.71. The van der Waals surface area contributed by atoms with E-state index in [4.69, 9.17) is 9.40 Å². The average Bonchev–Trinajstić information content (AvgIpc) is 3.12. The number of nitrogens with zero attached hydrogens (tertiary/aromatic N) is 3. The number of hydrogen-bond acceptors (Lipinski definition) is 6. The largest absolute Gasteiger partial charge is 0.464 e. The molecule has 0 aromatic carbocycles. The third-order valence-corrected chi connectivity index (χ3v) is 6.41. The van der Waals surface area contributed by atoms with E-state index in [9.17, 15) is 4.79 Å². The summed E-state index contributed by atoms with van der Waals surface area (Å²) in [4.78, 5) is 20.0. The second-order valence-corrected chi connectivity index (χ2v) is 8.55. The molecule has 2 aliphatic heterocycles. The number of carbonyl (C=O) groups excluding carboxylic acids is 1. The number of fused-ring (bicyclic) bond motifs is 3. The lowest BCUT2D eigenvalue weighted by molar-refractivity contribution is 0.0691. The fourth-order valence-corrected chi connectivity index (χ4v) is 4.69. The van der Waals surface area contributed by atoms with Crippen molar-refractivity contribution in [1.29, 1.82) is 0 Å². The lowest BCUT2D eigenvalue weighted by Gasteiger charge is -2.33. The van der Waals surface area contributed by atoms with Crippen molar-refractivity contribution >= 4 is 40.9 Å². The number of aromatic nitrogens is 3. The van der Waals surface area contributed by atoms with Gasteiger partial charge in [-0.15, -0.1) is 12.4 Å². The summed E-state index contributed by atoms with van der Waals surface area (Å²) in [6.07, 6.45) is 6.33. The molecular formula is C21H25ClN6O2. The number of pyridine rings is 1. The van der Waals surface area contributed by atoms with Crippen molar-refractivity contribution in [2.75, 3.05) is 18.4 Å². The number of nitrogens with one attached hydrogen (secondary N) is 3. The number of rotatable bonds is 4. The van der Waals surface area contributed by atoms with Crippen molar-refractivity contribution in [3.8, 4) is 0 Å². The number of H-pyrrole nitrogens is 1. The first-order valence-electron chi connectivity index (χ1n) is 10.4. The first-order valence-corrected chi connectivity index (χ1v) is 10.4. The fraction of sp³-hybridized carbons (Fsp3) is 0.476. The molecule has 9 heteroatoms. The second-order valence-electron chi connectivity index (χ2n) is 8.55. The van der Waals surface area contributed by atoms with E-state index >= 15 is 0 Å². The van der Waals surface area contributed by atoms with Crippen LogP contribution >= 0.6 is 12.4 Å². The van der Waals surface area contributed by atoms with Gasteiger partial charge in [-0.1, -0.05) is 0 Å². The third-order valence-electron chi connectivity index (χ3n) is 6.41. The van der Waals surface area contributed by atoms with Crippen LogP contribution in [0.4, 0.5) is 11.6 Å². The van der Waals surface area contributed by atoms with Crippen LogP contribution in [0.1, 0.15) is 53.3 Å². The molecule has 3 N–H and O–H groups in total. The van der Waals surface area contributed by atoms with Gasteiger partial charge in [0.2, 0.25) is 0 Å². The Hall–Kier alpha value is -2.58. The highest BCUT2D eigenvalue weighted by atomic mass is 35.5. The number of carbonyl (C=O) groups is 1. The van der Waals surface area contributed by atoms with Crippen molar-refractivity contribution in [2.45, 2.75) is 50.6 Å². The summed E-state index contributed by atoms with van der Waals surface area (Å²) in [6, 6.07) is 4.70. The monoisotopic (exact) mass is 428 g/mol. The van der Waals surface area contributed by atoms with Crippen LogP contribution in [0.5, 0.6) is 0 Å². The Morgan fingerprint density at radius 3 is 2.73 bits per heavy atom.